The van der Waals surface area contributed by atoms with Gasteiger partial charge in [-0.1, -0.05) is 18.6 Å². The lowest BCUT2D eigenvalue weighted by atomic mass is 10.1. The number of allylic oxidation sites excluding steroid dienone is 2. The van der Waals surface area contributed by atoms with Gasteiger partial charge in [-0.25, -0.2) is 4.79 Å². The number of nitrogens with zero attached hydrogens (tertiary/aromatic N) is 1. The van der Waals surface area contributed by atoms with Crippen LogP contribution in [-0.2, 0) is 4.74 Å². The van der Waals surface area contributed by atoms with Crippen LogP contribution in [0.15, 0.2) is 23.9 Å². The third kappa shape index (κ3) is 1.87. The van der Waals surface area contributed by atoms with E-state index in [1.807, 2.05) is 12.2 Å². The molecule has 1 amide bonds. The molecule has 12 heavy (non-hydrogen) atoms. The number of hydrogen-bond acceptors (Lipinski definition) is 2. The molecule has 0 saturated carbocycles. The fraction of sp³-hybridized carbons (Fsp3) is 0.444. The van der Waals surface area contributed by atoms with E-state index in [0.29, 0.717) is 6.54 Å². The molecule has 1 rings (SSSR count). The first-order valence-electron chi connectivity index (χ1n) is 3.98. The normalized spacial score (nSPS) is 15.8. The van der Waals surface area contributed by atoms with Gasteiger partial charge < -0.3 is 4.74 Å². The Labute approximate surface area is 72.3 Å². The predicted octanol–water partition coefficient (Wildman–Crippen LogP) is 1.92. The zero-order valence-electron chi connectivity index (χ0n) is 7.41. The summed E-state index contributed by atoms with van der Waals surface area (Å²) in [6.45, 7) is 2.72. The number of methoxy groups -OCH3 is 1. The molecule has 1 aliphatic heterocycles. The summed E-state index contributed by atoms with van der Waals surface area (Å²) in [5.74, 6) is 0. The lowest BCUT2D eigenvalue weighted by Gasteiger charge is -2.20. The number of rotatable bonds is 1. The lowest BCUT2D eigenvalue weighted by molar-refractivity contribution is 0.142. The van der Waals surface area contributed by atoms with Crippen LogP contribution < -0.4 is 0 Å². The van der Waals surface area contributed by atoms with Gasteiger partial charge in [-0.3, -0.25) is 4.90 Å². The zero-order valence-corrected chi connectivity index (χ0v) is 7.41. The molecular formula is C9H13NO2. The number of hydrogen-bond donors (Lipinski definition) is 0. The van der Waals surface area contributed by atoms with Crippen molar-refractivity contribution in [3.8, 4) is 0 Å². The Balaban J connectivity index is 2.59. The summed E-state index contributed by atoms with van der Waals surface area (Å²) in [7, 11) is 1.39. The molecule has 0 aromatic rings. The molecule has 0 spiro atoms. The van der Waals surface area contributed by atoms with Crippen LogP contribution in [0.2, 0.25) is 0 Å². The van der Waals surface area contributed by atoms with Crippen molar-refractivity contribution in [3.63, 3.8) is 0 Å². The van der Waals surface area contributed by atoms with Crippen molar-refractivity contribution in [2.75, 3.05) is 13.7 Å². The maximum atomic E-state index is 11.1. The molecule has 3 nitrogen and oxygen atoms in total. The number of carbonyl (C=O) groups is 1. The number of carbonyl (C=O) groups excluding carboxylic acids is 1. The Morgan fingerprint density at radius 3 is 3.08 bits per heavy atom. The molecule has 0 aromatic carbocycles. The maximum Gasteiger partial charge on any atom is 0.413 e. The summed E-state index contributed by atoms with van der Waals surface area (Å²) >= 11 is 0. The van der Waals surface area contributed by atoms with Crippen molar-refractivity contribution in [2.45, 2.75) is 13.3 Å². The Kier molecular flexibility index (Phi) is 2.91. The fourth-order valence-corrected chi connectivity index (χ4v) is 1.08. The van der Waals surface area contributed by atoms with E-state index in [2.05, 4.69) is 11.7 Å². The summed E-state index contributed by atoms with van der Waals surface area (Å²) < 4.78 is 4.59. The molecule has 0 atom stereocenters. The Morgan fingerprint density at radius 1 is 1.75 bits per heavy atom. The van der Waals surface area contributed by atoms with Crippen molar-refractivity contribution in [3.05, 3.63) is 23.9 Å². The van der Waals surface area contributed by atoms with Crippen LogP contribution in [0.25, 0.3) is 0 Å². The zero-order chi connectivity index (χ0) is 8.97. The highest BCUT2D eigenvalue weighted by molar-refractivity contribution is 5.69. The van der Waals surface area contributed by atoms with E-state index in [0.717, 1.165) is 6.42 Å². The highest BCUT2D eigenvalue weighted by atomic mass is 16.5. The van der Waals surface area contributed by atoms with E-state index < -0.39 is 0 Å². The van der Waals surface area contributed by atoms with Gasteiger partial charge in [0, 0.05) is 12.7 Å². The Hall–Kier alpha value is -1.25. The van der Waals surface area contributed by atoms with Gasteiger partial charge >= 0.3 is 6.09 Å². The van der Waals surface area contributed by atoms with E-state index in [9.17, 15) is 4.79 Å². The average Bonchev–Trinajstić information content (AvgIpc) is 2.17. The molecule has 0 bridgehead atoms. The topological polar surface area (TPSA) is 29.5 Å². The molecule has 1 heterocycles. The van der Waals surface area contributed by atoms with E-state index >= 15 is 0 Å². The van der Waals surface area contributed by atoms with Crippen molar-refractivity contribution in [2.24, 2.45) is 0 Å². The smallest absolute Gasteiger partial charge is 0.413 e. The van der Waals surface area contributed by atoms with Crippen LogP contribution in [0.5, 0.6) is 0 Å². The van der Waals surface area contributed by atoms with Crippen LogP contribution in [0.1, 0.15) is 13.3 Å². The molecule has 0 N–H and O–H groups in total. The van der Waals surface area contributed by atoms with Gasteiger partial charge in [-0.15, -0.1) is 0 Å². The monoisotopic (exact) mass is 167 g/mol. The average molecular weight is 167 g/mol. The van der Waals surface area contributed by atoms with Gasteiger partial charge in [0.05, 0.1) is 7.11 Å². The van der Waals surface area contributed by atoms with Crippen LogP contribution >= 0.6 is 0 Å². The highest BCUT2D eigenvalue weighted by Crippen LogP contribution is 2.10. The second-order valence-corrected chi connectivity index (χ2v) is 2.62. The molecule has 0 aromatic heterocycles. The summed E-state index contributed by atoms with van der Waals surface area (Å²) in [6, 6.07) is 0. The van der Waals surface area contributed by atoms with Crippen molar-refractivity contribution in [1.29, 1.82) is 0 Å². The van der Waals surface area contributed by atoms with Crippen LogP contribution in [-0.4, -0.2) is 24.6 Å². The molecule has 3 heteroatoms. The molecule has 0 unspecified atom stereocenters. The third-order valence-corrected chi connectivity index (χ3v) is 1.83. The summed E-state index contributed by atoms with van der Waals surface area (Å²) in [6.07, 6.45) is 6.28. The Morgan fingerprint density at radius 2 is 2.50 bits per heavy atom. The van der Waals surface area contributed by atoms with E-state index in [-0.39, 0.29) is 6.09 Å². The van der Waals surface area contributed by atoms with Gasteiger partial charge in [0.15, 0.2) is 0 Å². The van der Waals surface area contributed by atoms with E-state index in [4.69, 9.17) is 0 Å². The SMILES string of the molecule is CCC1=CC=CN(C(=O)OC)C1. The van der Waals surface area contributed by atoms with Crippen LogP contribution in [0.3, 0.4) is 0 Å². The van der Waals surface area contributed by atoms with E-state index in [1.54, 1.807) is 11.1 Å². The summed E-state index contributed by atoms with van der Waals surface area (Å²) in [5.41, 5.74) is 1.24. The van der Waals surface area contributed by atoms with Crippen LogP contribution in [0, 0.1) is 0 Å². The number of ether oxygens (including phenoxy) is 1. The summed E-state index contributed by atoms with van der Waals surface area (Å²) in [4.78, 5) is 12.6. The molecule has 0 radical (unpaired) electrons. The molecule has 0 fully saturated rings. The summed E-state index contributed by atoms with van der Waals surface area (Å²) in [5, 5.41) is 0. The molecule has 66 valence electrons. The first-order chi connectivity index (χ1) is 5.77. The quantitative estimate of drug-likeness (QED) is 0.597. The van der Waals surface area contributed by atoms with Gasteiger partial charge in [0.2, 0.25) is 0 Å². The predicted molar refractivity (Wildman–Crippen MR) is 46.6 cm³/mol. The largest absolute Gasteiger partial charge is 0.452 e. The first kappa shape index (κ1) is 8.84. The first-order valence-corrected chi connectivity index (χ1v) is 3.98. The van der Waals surface area contributed by atoms with Crippen molar-refractivity contribution >= 4 is 6.09 Å². The van der Waals surface area contributed by atoms with Crippen molar-refractivity contribution < 1.29 is 9.53 Å². The van der Waals surface area contributed by atoms with Crippen LogP contribution in [0.4, 0.5) is 4.79 Å². The number of amides is 1. The minimum Gasteiger partial charge on any atom is -0.452 e. The third-order valence-electron chi connectivity index (χ3n) is 1.83. The Bertz CT molecular complexity index is 231. The van der Waals surface area contributed by atoms with Gasteiger partial charge in [0.25, 0.3) is 0 Å². The van der Waals surface area contributed by atoms with Gasteiger partial charge in [-0.2, -0.15) is 0 Å². The lowest BCUT2D eigenvalue weighted by Crippen LogP contribution is -2.28. The van der Waals surface area contributed by atoms with E-state index in [1.165, 1.54) is 12.7 Å². The second-order valence-electron chi connectivity index (χ2n) is 2.62. The van der Waals surface area contributed by atoms with Crippen molar-refractivity contribution in [1.82, 2.24) is 4.90 Å². The standard InChI is InChI=1S/C9H13NO2/c1-3-8-5-4-6-10(7-8)9(11)12-2/h4-6H,3,7H2,1-2H3. The second kappa shape index (κ2) is 3.95. The minimum atomic E-state index is -0.301. The van der Waals surface area contributed by atoms with Gasteiger partial charge in [0.1, 0.15) is 0 Å². The highest BCUT2D eigenvalue weighted by Gasteiger charge is 2.13. The van der Waals surface area contributed by atoms with Gasteiger partial charge in [-0.05, 0) is 12.5 Å². The fourth-order valence-electron chi connectivity index (χ4n) is 1.08. The molecular weight excluding hydrogens is 154 g/mol. The maximum absolute atomic E-state index is 11.1. The molecule has 0 saturated heterocycles. The minimum absolute atomic E-state index is 0.301. The molecule has 1 aliphatic rings. The molecule has 0 aliphatic carbocycles.